The van der Waals surface area contributed by atoms with Gasteiger partial charge in [0.1, 0.15) is 6.54 Å². The molecular formula is C24H28N2O3. The van der Waals surface area contributed by atoms with Gasteiger partial charge in [0.25, 0.3) is 0 Å². The third-order valence-corrected chi connectivity index (χ3v) is 6.04. The van der Waals surface area contributed by atoms with Crippen LogP contribution in [0.4, 0.5) is 5.69 Å². The number of nitrogens with zero attached hydrogens (tertiary/aromatic N) is 2. The van der Waals surface area contributed by atoms with E-state index in [0.717, 1.165) is 22.3 Å². The van der Waals surface area contributed by atoms with Crippen LogP contribution in [0.15, 0.2) is 35.1 Å². The Bertz CT molecular complexity index is 1160. The van der Waals surface area contributed by atoms with Gasteiger partial charge in [-0.2, -0.15) is 0 Å². The molecule has 0 unspecified atom stereocenters. The van der Waals surface area contributed by atoms with Crippen LogP contribution in [-0.2, 0) is 16.1 Å². The molecular weight excluding hydrogens is 364 g/mol. The van der Waals surface area contributed by atoms with Crippen molar-refractivity contribution in [2.75, 3.05) is 25.6 Å². The maximum Gasteiger partial charge on any atom is 0.325 e. The number of carbonyl (C=O) groups is 1. The maximum atomic E-state index is 13.4. The number of carbonyl (C=O) groups excluding carboxylic acids is 1. The van der Waals surface area contributed by atoms with Gasteiger partial charge in [0.15, 0.2) is 5.43 Å². The minimum absolute atomic E-state index is 0.0124. The Hall–Kier alpha value is -2.82. The summed E-state index contributed by atoms with van der Waals surface area (Å²) in [4.78, 5) is 27.9. The topological polar surface area (TPSA) is 51.5 Å². The van der Waals surface area contributed by atoms with E-state index in [0.29, 0.717) is 23.3 Å². The summed E-state index contributed by atoms with van der Waals surface area (Å²) in [5.41, 5.74) is 4.89. The SMILES string of the molecule is CCOC(=O)Cn1c2cc(C3CCC3)ccc2c(=O)c2ccc(C)c(N(C)C)c21. The first-order chi connectivity index (χ1) is 13.9. The number of fused-ring (bicyclic) bond motifs is 2. The molecule has 0 aliphatic heterocycles. The standard InChI is InChI=1S/C24H28N2O3/c1-5-29-21(27)14-26-20-13-17(16-7-6-8-16)10-12-18(20)24(28)19-11-9-15(2)22(23(19)26)25(3)4/h9-13,16H,5-8,14H2,1-4H3. The van der Waals surface area contributed by atoms with Crippen LogP contribution in [0.2, 0.25) is 0 Å². The Labute approximate surface area is 170 Å². The first-order valence-corrected chi connectivity index (χ1v) is 10.3. The molecule has 5 nitrogen and oxygen atoms in total. The summed E-state index contributed by atoms with van der Waals surface area (Å²) in [6.45, 7) is 4.26. The van der Waals surface area contributed by atoms with Crippen molar-refractivity contribution in [2.45, 2.75) is 45.6 Å². The van der Waals surface area contributed by atoms with Gasteiger partial charge in [-0.1, -0.05) is 18.6 Å². The van der Waals surface area contributed by atoms with Gasteiger partial charge in [0.05, 0.1) is 23.3 Å². The minimum atomic E-state index is -0.293. The van der Waals surface area contributed by atoms with Crippen molar-refractivity contribution in [1.29, 1.82) is 0 Å². The Morgan fingerprint density at radius 1 is 1.17 bits per heavy atom. The van der Waals surface area contributed by atoms with Gasteiger partial charge in [-0.25, -0.2) is 0 Å². The number of rotatable bonds is 5. The molecule has 2 aromatic carbocycles. The number of ether oxygens (including phenoxy) is 1. The zero-order valence-corrected chi connectivity index (χ0v) is 17.6. The largest absolute Gasteiger partial charge is 0.465 e. The normalized spacial score (nSPS) is 14.2. The van der Waals surface area contributed by atoms with E-state index in [1.807, 2.05) is 55.6 Å². The molecule has 0 amide bonds. The highest BCUT2D eigenvalue weighted by Gasteiger charge is 2.23. The van der Waals surface area contributed by atoms with E-state index in [-0.39, 0.29) is 17.9 Å². The molecule has 152 valence electrons. The molecule has 3 aromatic rings. The zero-order valence-electron chi connectivity index (χ0n) is 17.6. The first-order valence-electron chi connectivity index (χ1n) is 10.3. The lowest BCUT2D eigenvalue weighted by Crippen LogP contribution is -2.21. The van der Waals surface area contributed by atoms with Crippen LogP contribution >= 0.6 is 0 Å². The van der Waals surface area contributed by atoms with Crippen molar-refractivity contribution < 1.29 is 9.53 Å². The van der Waals surface area contributed by atoms with Crippen LogP contribution in [0.25, 0.3) is 21.8 Å². The summed E-state index contributed by atoms with van der Waals surface area (Å²) in [7, 11) is 3.94. The number of esters is 1. The molecule has 0 bridgehead atoms. The first kappa shape index (κ1) is 19.5. The summed E-state index contributed by atoms with van der Waals surface area (Å²) in [5, 5.41) is 1.28. The second kappa shape index (κ2) is 7.54. The number of hydrogen-bond acceptors (Lipinski definition) is 4. The monoisotopic (exact) mass is 392 g/mol. The second-order valence-corrected chi connectivity index (χ2v) is 8.15. The highest BCUT2D eigenvalue weighted by Crippen LogP contribution is 2.38. The molecule has 1 aliphatic rings. The summed E-state index contributed by atoms with van der Waals surface area (Å²) < 4.78 is 7.24. The number of benzene rings is 2. The van der Waals surface area contributed by atoms with Gasteiger partial charge in [0, 0.05) is 24.9 Å². The molecule has 0 saturated heterocycles. The number of pyridine rings is 1. The lowest BCUT2D eigenvalue weighted by molar-refractivity contribution is -0.143. The van der Waals surface area contributed by atoms with Crippen molar-refractivity contribution in [1.82, 2.24) is 4.57 Å². The Morgan fingerprint density at radius 3 is 2.52 bits per heavy atom. The molecule has 1 aliphatic carbocycles. The molecule has 0 atom stereocenters. The van der Waals surface area contributed by atoms with Crippen LogP contribution in [0.5, 0.6) is 0 Å². The highest BCUT2D eigenvalue weighted by molar-refractivity contribution is 6.01. The van der Waals surface area contributed by atoms with Crippen LogP contribution in [0, 0.1) is 6.92 Å². The lowest BCUT2D eigenvalue weighted by atomic mass is 9.80. The molecule has 5 heteroatoms. The third-order valence-electron chi connectivity index (χ3n) is 6.04. The van der Waals surface area contributed by atoms with Gasteiger partial charge in [0.2, 0.25) is 0 Å². The van der Waals surface area contributed by atoms with Gasteiger partial charge in [-0.15, -0.1) is 0 Å². The maximum absolute atomic E-state index is 13.4. The molecule has 1 heterocycles. The van der Waals surface area contributed by atoms with Crippen molar-refractivity contribution in [3.63, 3.8) is 0 Å². The fourth-order valence-corrected chi connectivity index (χ4v) is 4.43. The van der Waals surface area contributed by atoms with E-state index in [1.165, 1.54) is 24.8 Å². The van der Waals surface area contributed by atoms with Gasteiger partial charge in [-0.3, -0.25) is 9.59 Å². The molecule has 1 aromatic heterocycles. The molecule has 1 saturated carbocycles. The predicted octanol–water partition coefficient (Wildman–Crippen LogP) is 4.36. The van der Waals surface area contributed by atoms with Crippen molar-refractivity contribution in [3.05, 3.63) is 51.7 Å². The van der Waals surface area contributed by atoms with Gasteiger partial charge >= 0.3 is 5.97 Å². The van der Waals surface area contributed by atoms with E-state index in [1.54, 1.807) is 0 Å². The smallest absolute Gasteiger partial charge is 0.325 e. The van der Waals surface area contributed by atoms with Crippen molar-refractivity contribution in [2.24, 2.45) is 0 Å². The van der Waals surface area contributed by atoms with E-state index in [2.05, 4.69) is 12.1 Å². The summed E-state index contributed by atoms with van der Waals surface area (Å²) in [6.07, 6.45) is 3.62. The molecule has 0 spiro atoms. The van der Waals surface area contributed by atoms with Crippen LogP contribution in [0.3, 0.4) is 0 Å². The van der Waals surface area contributed by atoms with Crippen LogP contribution < -0.4 is 10.3 Å². The molecule has 29 heavy (non-hydrogen) atoms. The number of anilines is 1. The van der Waals surface area contributed by atoms with E-state index in [4.69, 9.17) is 4.74 Å². The van der Waals surface area contributed by atoms with E-state index >= 15 is 0 Å². The average Bonchev–Trinajstić information content (AvgIpc) is 2.63. The predicted molar refractivity (Wildman–Crippen MR) is 118 cm³/mol. The van der Waals surface area contributed by atoms with Crippen molar-refractivity contribution >= 4 is 33.5 Å². The fraction of sp³-hybridized carbons (Fsp3) is 0.417. The lowest BCUT2D eigenvalue weighted by Gasteiger charge is -2.27. The number of hydrogen-bond donors (Lipinski definition) is 0. The highest BCUT2D eigenvalue weighted by atomic mass is 16.5. The zero-order chi connectivity index (χ0) is 20.7. The second-order valence-electron chi connectivity index (χ2n) is 8.15. The van der Waals surface area contributed by atoms with E-state index in [9.17, 15) is 9.59 Å². The molecule has 0 radical (unpaired) electrons. The molecule has 4 rings (SSSR count). The fourth-order valence-electron chi connectivity index (χ4n) is 4.43. The van der Waals surface area contributed by atoms with Gasteiger partial charge in [-0.05, 0) is 61.9 Å². The average molecular weight is 392 g/mol. The summed E-state index contributed by atoms with van der Waals surface area (Å²) >= 11 is 0. The Balaban J connectivity index is 2.10. The molecule has 1 fully saturated rings. The number of aryl methyl sites for hydroxylation is 1. The Kier molecular flexibility index (Phi) is 5.07. The quantitative estimate of drug-likeness (QED) is 0.478. The van der Waals surface area contributed by atoms with Crippen LogP contribution in [-0.4, -0.2) is 31.2 Å². The van der Waals surface area contributed by atoms with E-state index < -0.39 is 0 Å². The van der Waals surface area contributed by atoms with Crippen LogP contribution in [0.1, 0.15) is 43.2 Å². The minimum Gasteiger partial charge on any atom is -0.465 e. The summed E-state index contributed by atoms with van der Waals surface area (Å²) in [6, 6.07) is 9.97. The summed E-state index contributed by atoms with van der Waals surface area (Å²) in [5.74, 6) is 0.256. The number of aromatic nitrogens is 1. The third kappa shape index (κ3) is 3.28. The Morgan fingerprint density at radius 2 is 1.90 bits per heavy atom. The molecule has 0 N–H and O–H groups in total. The van der Waals surface area contributed by atoms with Crippen molar-refractivity contribution in [3.8, 4) is 0 Å². The van der Waals surface area contributed by atoms with Gasteiger partial charge < -0.3 is 14.2 Å².